The Morgan fingerprint density at radius 2 is 1.71 bits per heavy atom. The number of anilines is 5. The molecular weight excluding hydrogens is 270 g/mol. The van der Waals surface area contributed by atoms with Gasteiger partial charge in [0.05, 0.1) is 18.1 Å². The summed E-state index contributed by atoms with van der Waals surface area (Å²) in [6, 6.07) is 3.39. The van der Waals surface area contributed by atoms with Crippen LogP contribution in [0.4, 0.5) is 29.0 Å². The number of rotatable bonds is 4. The number of nitrogens with one attached hydrogen (secondary N) is 2. The predicted molar refractivity (Wildman–Crippen MR) is 77.1 cm³/mol. The standard InChI is InChI=1S/C12H11N9/c13-9-3-8(5-18-21-9)19-10-4-11(17-7-16-10)20-12-6-14-1-2-15-12/h1-7H,(H4,13,15,16,17,19,20,21). The highest BCUT2D eigenvalue weighted by atomic mass is 15.1. The molecule has 3 aromatic heterocycles. The summed E-state index contributed by atoms with van der Waals surface area (Å²) in [6.07, 6.45) is 7.77. The van der Waals surface area contributed by atoms with Crippen LogP contribution in [0.3, 0.4) is 0 Å². The van der Waals surface area contributed by atoms with Crippen LogP contribution in [0, 0.1) is 0 Å². The van der Waals surface area contributed by atoms with Gasteiger partial charge in [0.25, 0.3) is 0 Å². The maximum atomic E-state index is 5.57. The van der Waals surface area contributed by atoms with Crippen LogP contribution >= 0.6 is 0 Å². The third-order valence-electron chi connectivity index (χ3n) is 2.43. The van der Waals surface area contributed by atoms with Crippen LogP contribution in [0.25, 0.3) is 0 Å². The topological polar surface area (TPSA) is 127 Å². The number of hydrogen-bond donors (Lipinski definition) is 3. The molecule has 0 spiro atoms. The van der Waals surface area contributed by atoms with Gasteiger partial charge in [0.2, 0.25) is 0 Å². The Bertz CT molecular complexity index is 732. The number of hydrogen-bond acceptors (Lipinski definition) is 9. The van der Waals surface area contributed by atoms with E-state index in [1.54, 1.807) is 36.9 Å². The van der Waals surface area contributed by atoms with E-state index in [4.69, 9.17) is 5.73 Å². The quantitative estimate of drug-likeness (QED) is 0.644. The second-order valence-electron chi connectivity index (χ2n) is 4.00. The van der Waals surface area contributed by atoms with Gasteiger partial charge in [-0.25, -0.2) is 15.0 Å². The highest BCUT2D eigenvalue weighted by molar-refractivity contribution is 5.61. The molecule has 0 aliphatic rings. The van der Waals surface area contributed by atoms with Gasteiger partial charge in [-0.15, -0.1) is 5.10 Å². The molecule has 0 amide bonds. The third kappa shape index (κ3) is 3.35. The number of nitrogens with two attached hydrogens (primary N) is 1. The van der Waals surface area contributed by atoms with Gasteiger partial charge in [-0.2, -0.15) is 5.10 Å². The molecule has 0 fully saturated rings. The van der Waals surface area contributed by atoms with E-state index in [2.05, 4.69) is 40.8 Å². The van der Waals surface area contributed by atoms with Crippen molar-refractivity contribution in [3.63, 3.8) is 0 Å². The van der Waals surface area contributed by atoms with Gasteiger partial charge in [-0.1, -0.05) is 0 Å². The predicted octanol–water partition coefficient (Wildman–Crippen LogP) is 1.13. The Hall–Kier alpha value is -3.36. The second kappa shape index (κ2) is 5.74. The van der Waals surface area contributed by atoms with E-state index in [1.165, 1.54) is 6.33 Å². The summed E-state index contributed by atoms with van der Waals surface area (Å²) in [4.78, 5) is 16.3. The average molecular weight is 281 g/mol. The van der Waals surface area contributed by atoms with Crippen LogP contribution in [0.15, 0.2) is 43.2 Å². The Morgan fingerprint density at radius 3 is 2.48 bits per heavy atom. The van der Waals surface area contributed by atoms with Gasteiger partial charge in [0, 0.05) is 24.5 Å². The molecule has 9 heteroatoms. The molecule has 4 N–H and O–H groups in total. The Balaban J connectivity index is 1.77. The summed E-state index contributed by atoms with van der Waals surface area (Å²) in [5, 5.41) is 13.5. The van der Waals surface area contributed by atoms with Crippen LogP contribution in [0.5, 0.6) is 0 Å². The van der Waals surface area contributed by atoms with Crippen LogP contribution in [-0.4, -0.2) is 30.1 Å². The molecule has 0 aliphatic heterocycles. The normalized spacial score (nSPS) is 10.1. The maximum absolute atomic E-state index is 5.57. The van der Waals surface area contributed by atoms with Gasteiger partial charge in [-0.05, 0) is 0 Å². The van der Waals surface area contributed by atoms with Crippen molar-refractivity contribution in [1.29, 1.82) is 0 Å². The minimum Gasteiger partial charge on any atom is -0.382 e. The minimum atomic E-state index is 0.326. The number of aromatic nitrogens is 6. The van der Waals surface area contributed by atoms with Crippen molar-refractivity contribution >= 4 is 29.0 Å². The number of nitrogen functional groups attached to an aromatic ring is 1. The lowest BCUT2D eigenvalue weighted by Gasteiger charge is -2.07. The lowest BCUT2D eigenvalue weighted by Crippen LogP contribution is -2.01. The fourth-order valence-electron chi connectivity index (χ4n) is 1.59. The fourth-order valence-corrected chi connectivity index (χ4v) is 1.59. The molecule has 0 atom stereocenters. The summed E-state index contributed by atoms with van der Waals surface area (Å²) >= 11 is 0. The molecule has 0 aliphatic carbocycles. The van der Waals surface area contributed by atoms with Gasteiger partial charge in [0.15, 0.2) is 0 Å². The van der Waals surface area contributed by atoms with Crippen molar-refractivity contribution in [3.8, 4) is 0 Å². The summed E-state index contributed by atoms with van der Waals surface area (Å²) in [6.45, 7) is 0. The molecule has 3 heterocycles. The fraction of sp³-hybridized carbons (Fsp3) is 0. The first-order chi connectivity index (χ1) is 10.3. The van der Waals surface area contributed by atoms with E-state index < -0.39 is 0 Å². The summed E-state index contributed by atoms with van der Waals surface area (Å²) in [5.74, 6) is 2.09. The highest BCUT2D eigenvalue weighted by Crippen LogP contribution is 2.17. The molecule has 0 saturated heterocycles. The molecule has 0 aromatic carbocycles. The van der Waals surface area contributed by atoms with Crippen molar-refractivity contribution in [1.82, 2.24) is 30.1 Å². The van der Waals surface area contributed by atoms with E-state index >= 15 is 0 Å². The Kier molecular flexibility index (Phi) is 3.46. The molecule has 3 aromatic rings. The molecule has 0 unspecified atom stereocenters. The summed E-state index contributed by atoms with van der Waals surface area (Å²) < 4.78 is 0. The minimum absolute atomic E-state index is 0.326. The largest absolute Gasteiger partial charge is 0.382 e. The van der Waals surface area contributed by atoms with Crippen LogP contribution in [-0.2, 0) is 0 Å². The summed E-state index contributed by atoms with van der Waals surface area (Å²) in [5.41, 5.74) is 6.26. The first-order valence-electron chi connectivity index (χ1n) is 6.00. The summed E-state index contributed by atoms with van der Waals surface area (Å²) in [7, 11) is 0. The first kappa shape index (κ1) is 12.7. The molecule has 104 valence electrons. The van der Waals surface area contributed by atoms with Crippen LogP contribution in [0.2, 0.25) is 0 Å². The zero-order valence-electron chi connectivity index (χ0n) is 10.8. The van der Waals surface area contributed by atoms with E-state index in [0.29, 0.717) is 29.0 Å². The lowest BCUT2D eigenvalue weighted by atomic mass is 10.4. The monoisotopic (exact) mass is 281 g/mol. The Labute approximate surface area is 119 Å². The molecule has 0 saturated carbocycles. The first-order valence-corrected chi connectivity index (χ1v) is 6.00. The molecule has 0 bridgehead atoms. The zero-order chi connectivity index (χ0) is 14.5. The smallest absolute Gasteiger partial charge is 0.150 e. The molecular formula is C12H11N9. The third-order valence-corrected chi connectivity index (χ3v) is 2.43. The van der Waals surface area contributed by atoms with Crippen LogP contribution in [0.1, 0.15) is 0 Å². The molecule has 9 nitrogen and oxygen atoms in total. The second-order valence-corrected chi connectivity index (χ2v) is 4.00. The average Bonchev–Trinajstić information content (AvgIpc) is 2.49. The van der Waals surface area contributed by atoms with Crippen molar-refractivity contribution in [2.45, 2.75) is 0 Å². The van der Waals surface area contributed by atoms with Crippen molar-refractivity contribution in [2.24, 2.45) is 0 Å². The van der Waals surface area contributed by atoms with E-state index in [0.717, 1.165) is 0 Å². The van der Waals surface area contributed by atoms with Crippen molar-refractivity contribution in [3.05, 3.63) is 43.2 Å². The molecule has 3 rings (SSSR count). The SMILES string of the molecule is Nc1cc(Nc2cc(Nc3cnccn3)ncn2)cnn1. The van der Waals surface area contributed by atoms with Gasteiger partial charge >= 0.3 is 0 Å². The molecule has 0 radical (unpaired) electrons. The lowest BCUT2D eigenvalue weighted by molar-refractivity contribution is 1.04. The highest BCUT2D eigenvalue weighted by Gasteiger charge is 2.02. The van der Waals surface area contributed by atoms with Crippen molar-refractivity contribution in [2.75, 3.05) is 16.4 Å². The van der Waals surface area contributed by atoms with E-state index in [-0.39, 0.29) is 0 Å². The Morgan fingerprint density at radius 1 is 0.857 bits per heavy atom. The number of nitrogens with zero attached hydrogens (tertiary/aromatic N) is 6. The zero-order valence-corrected chi connectivity index (χ0v) is 10.8. The molecule has 21 heavy (non-hydrogen) atoms. The maximum Gasteiger partial charge on any atom is 0.150 e. The van der Waals surface area contributed by atoms with Gasteiger partial charge < -0.3 is 16.4 Å². The van der Waals surface area contributed by atoms with Crippen molar-refractivity contribution < 1.29 is 0 Å². The van der Waals surface area contributed by atoms with Crippen LogP contribution < -0.4 is 16.4 Å². The van der Waals surface area contributed by atoms with Gasteiger partial charge in [0.1, 0.15) is 29.6 Å². The van der Waals surface area contributed by atoms with Gasteiger partial charge in [-0.3, -0.25) is 4.98 Å². The van der Waals surface area contributed by atoms with E-state index in [1.807, 2.05) is 0 Å². The van der Waals surface area contributed by atoms with E-state index in [9.17, 15) is 0 Å².